The molecule has 0 aromatic heterocycles. The minimum Gasteiger partial charge on any atom is -0.508 e. The summed E-state index contributed by atoms with van der Waals surface area (Å²) in [6.07, 6.45) is 1.99. The van der Waals surface area contributed by atoms with Gasteiger partial charge in [0.05, 0.1) is 12.5 Å². The predicted molar refractivity (Wildman–Crippen MR) is 67.4 cm³/mol. The summed E-state index contributed by atoms with van der Waals surface area (Å²) in [5.74, 6) is 0.498. The number of hydrogen-bond acceptors (Lipinski definition) is 3. The van der Waals surface area contributed by atoms with Crippen LogP contribution in [0.1, 0.15) is 31.4 Å². The maximum Gasteiger partial charge on any atom is 0.310 e. The molecule has 1 N–H and O–H groups in total. The van der Waals surface area contributed by atoms with Crippen LogP contribution in [0.4, 0.5) is 0 Å². The Kier molecular flexibility index (Phi) is 2.40. The van der Waals surface area contributed by atoms with Crippen LogP contribution in [0.5, 0.6) is 5.75 Å². The number of carbonyl (C=O) groups is 1. The number of rotatable bonds is 2. The molecule has 0 amide bonds. The maximum atomic E-state index is 12.0. The Hall–Kier alpha value is -1.51. The first kappa shape index (κ1) is 11.6. The van der Waals surface area contributed by atoms with Gasteiger partial charge in [-0.05, 0) is 48.9 Å². The fourth-order valence-electron chi connectivity index (χ4n) is 3.76. The van der Waals surface area contributed by atoms with Crippen molar-refractivity contribution in [2.75, 3.05) is 6.61 Å². The molecular weight excluding hydrogens is 228 g/mol. The standard InChI is InChI=1S/C15H18O3/c1-3-18-14(17)13-9(2)15(13)7-6-10-4-5-11(16)8-12(10)15/h4-5,8-9,13,16H,3,6-7H2,1-2H3/t9-,13?,15+/m1/s1. The lowest BCUT2D eigenvalue weighted by atomic mass is 9.93. The Bertz CT molecular complexity index is 508. The molecule has 2 aliphatic rings. The van der Waals surface area contributed by atoms with Gasteiger partial charge in [0.25, 0.3) is 0 Å². The quantitative estimate of drug-likeness (QED) is 0.815. The monoisotopic (exact) mass is 246 g/mol. The van der Waals surface area contributed by atoms with Gasteiger partial charge in [0.1, 0.15) is 5.75 Å². The fourth-order valence-corrected chi connectivity index (χ4v) is 3.76. The Labute approximate surface area is 107 Å². The molecule has 1 aromatic rings. The average molecular weight is 246 g/mol. The van der Waals surface area contributed by atoms with Crippen molar-refractivity contribution in [3.63, 3.8) is 0 Å². The molecule has 18 heavy (non-hydrogen) atoms. The Morgan fingerprint density at radius 2 is 2.33 bits per heavy atom. The number of phenolic OH excluding ortho intramolecular Hbond substituents is 1. The third kappa shape index (κ3) is 1.33. The van der Waals surface area contributed by atoms with Crippen LogP contribution in [0.25, 0.3) is 0 Å². The van der Waals surface area contributed by atoms with Gasteiger partial charge in [0.15, 0.2) is 0 Å². The highest BCUT2D eigenvalue weighted by molar-refractivity contribution is 5.81. The van der Waals surface area contributed by atoms with Crippen LogP contribution in [-0.4, -0.2) is 17.7 Å². The summed E-state index contributed by atoms with van der Waals surface area (Å²) in [5.41, 5.74) is 2.36. The van der Waals surface area contributed by atoms with Gasteiger partial charge in [-0.25, -0.2) is 0 Å². The molecule has 1 spiro atoms. The number of aryl methyl sites for hydroxylation is 1. The normalized spacial score (nSPS) is 32.3. The third-order valence-corrected chi connectivity index (χ3v) is 4.70. The zero-order valence-corrected chi connectivity index (χ0v) is 10.8. The second kappa shape index (κ2) is 3.74. The van der Waals surface area contributed by atoms with E-state index in [1.807, 2.05) is 19.1 Å². The fraction of sp³-hybridized carbons (Fsp3) is 0.533. The minimum absolute atomic E-state index is 0.0273. The van der Waals surface area contributed by atoms with Crippen LogP contribution in [0.2, 0.25) is 0 Å². The van der Waals surface area contributed by atoms with Gasteiger partial charge in [-0.3, -0.25) is 4.79 Å². The average Bonchev–Trinajstić information content (AvgIpc) is 2.75. The van der Waals surface area contributed by atoms with Gasteiger partial charge in [0.2, 0.25) is 0 Å². The van der Waals surface area contributed by atoms with Crippen LogP contribution >= 0.6 is 0 Å². The first-order chi connectivity index (χ1) is 8.61. The molecule has 3 rings (SSSR count). The molecule has 0 aliphatic heterocycles. The smallest absolute Gasteiger partial charge is 0.310 e. The Morgan fingerprint density at radius 1 is 1.56 bits per heavy atom. The Morgan fingerprint density at radius 3 is 3.06 bits per heavy atom. The molecule has 3 heteroatoms. The van der Waals surface area contributed by atoms with Crippen LogP contribution < -0.4 is 0 Å². The van der Waals surface area contributed by atoms with E-state index in [1.54, 1.807) is 6.07 Å². The van der Waals surface area contributed by atoms with Gasteiger partial charge >= 0.3 is 5.97 Å². The zero-order valence-electron chi connectivity index (χ0n) is 10.8. The van der Waals surface area contributed by atoms with E-state index in [0.29, 0.717) is 12.5 Å². The van der Waals surface area contributed by atoms with E-state index < -0.39 is 0 Å². The molecule has 0 bridgehead atoms. The number of carbonyl (C=O) groups excluding carboxylic acids is 1. The number of ether oxygens (including phenoxy) is 1. The van der Waals surface area contributed by atoms with E-state index in [0.717, 1.165) is 18.4 Å². The summed E-state index contributed by atoms with van der Waals surface area (Å²) >= 11 is 0. The van der Waals surface area contributed by atoms with Crippen LogP contribution in [0, 0.1) is 11.8 Å². The molecule has 2 aliphatic carbocycles. The van der Waals surface area contributed by atoms with Gasteiger partial charge in [-0.15, -0.1) is 0 Å². The molecule has 0 radical (unpaired) electrons. The highest BCUT2D eigenvalue weighted by atomic mass is 16.5. The molecule has 3 nitrogen and oxygen atoms in total. The number of hydrogen-bond donors (Lipinski definition) is 1. The number of phenols is 1. The molecule has 3 atom stereocenters. The zero-order chi connectivity index (χ0) is 12.9. The lowest BCUT2D eigenvalue weighted by Gasteiger charge is -2.11. The minimum atomic E-state index is -0.0822. The summed E-state index contributed by atoms with van der Waals surface area (Å²) in [6, 6.07) is 5.54. The van der Waals surface area contributed by atoms with Gasteiger partial charge < -0.3 is 9.84 Å². The van der Waals surface area contributed by atoms with E-state index in [2.05, 4.69) is 6.92 Å². The molecule has 1 fully saturated rings. The molecule has 96 valence electrons. The molecule has 1 saturated carbocycles. The summed E-state index contributed by atoms with van der Waals surface area (Å²) < 4.78 is 5.17. The summed E-state index contributed by atoms with van der Waals surface area (Å²) in [4.78, 5) is 12.0. The molecule has 1 unspecified atom stereocenters. The summed E-state index contributed by atoms with van der Waals surface area (Å²) in [5, 5.41) is 9.65. The van der Waals surface area contributed by atoms with E-state index in [9.17, 15) is 9.90 Å². The summed E-state index contributed by atoms with van der Waals surface area (Å²) in [6.45, 7) is 4.39. The molecular formula is C15H18O3. The third-order valence-electron chi connectivity index (χ3n) is 4.70. The van der Waals surface area contributed by atoms with E-state index in [4.69, 9.17) is 4.74 Å². The van der Waals surface area contributed by atoms with Gasteiger partial charge in [-0.2, -0.15) is 0 Å². The van der Waals surface area contributed by atoms with E-state index in [1.165, 1.54) is 5.56 Å². The van der Waals surface area contributed by atoms with Crippen molar-refractivity contribution >= 4 is 5.97 Å². The van der Waals surface area contributed by atoms with Crippen molar-refractivity contribution in [3.05, 3.63) is 29.3 Å². The van der Waals surface area contributed by atoms with Crippen LogP contribution in [0.3, 0.4) is 0 Å². The van der Waals surface area contributed by atoms with Crippen molar-refractivity contribution in [2.45, 2.75) is 32.1 Å². The topological polar surface area (TPSA) is 46.5 Å². The largest absolute Gasteiger partial charge is 0.508 e. The van der Waals surface area contributed by atoms with Crippen LogP contribution in [-0.2, 0) is 21.4 Å². The predicted octanol–water partition coefficient (Wildman–Crippen LogP) is 2.41. The second-order valence-corrected chi connectivity index (χ2v) is 5.40. The van der Waals surface area contributed by atoms with Crippen LogP contribution in [0.15, 0.2) is 18.2 Å². The first-order valence-electron chi connectivity index (χ1n) is 6.60. The van der Waals surface area contributed by atoms with Crippen molar-refractivity contribution in [1.82, 2.24) is 0 Å². The van der Waals surface area contributed by atoms with Gasteiger partial charge in [0, 0.05) is 5.41 Å². The lowest BCUT2D eigenvalue weighted by Crippen LogP contribution is -2.15. The number of fused-ring (bicyclic) bond motifs is 2. The van der Waals surface area contributed by atoms with Crippen molar-refractivity contribution in [2.24, 2.45) is 11.8 Å². The molecule has 0 saturated heterocycles. The number of esters is 1. The highest BCUT2D eigenvalue weighted by Crippen LogP contribution is 2.66. The Balaban J connectivity index is 1.96. The number of aromatic hydroxyl groups is 1. The summed E-state index contributed by atoms with van der Waals surface area (Å²) in [7, 11) is 0. The first-order valence-corrected chi connectivity index (χ1v) is 6.60. The molecule has 1 aromatic carbocycles. The van der Waals surface area contributed by atoms with Crippen molar-refractivity contribution in [1.29, 1.82) is 0 Å². The second-order valence-electron chi connectivity index (χ2n) is 5.40. The van der Waals surface area contributed by atoms with Crippen molar-refractivity contribution in [3.8, 4) is 5.75 Å². The van der Waals surface area contributed by atoms with E-state index in [-0.39, 0.29) is 23.1 Å². The molecule has 0 heterocycles. The SMILES string of the molecule is CCOC(=O)C1[C@@H](C)[C@]12CCc1ccc(O)cc12. The van der Waals surface area contributed by atoms with Crippen molar-refractivity contribution < 1.29 is 14.6 Å². The lowest BCUT2D eigenvalue weighted by molar-refractivity contribution is -0.145. The highest BCUT2D eigenvalue weighted by Gasteiger charge is 2.68. The number of benzene rings is 1. The van der Waals surface area contributed by atoms with E-state index >= 15 is 0 Å². The maximum absolute atomic E-state index is 12.0. The van der Waals surface area contributed by atoms with Gasteiger partial charge in [-0.1, -0.05) is 13.0 Å².